The van der Waals surface area contributed by atoms with Crippen molar-refractivity contribution in [3.8, 4) is 0 Å². The summed E-state index contributed by atoms with van der Waals surface area (Å²) in [5.41, 5.74) is 0. The number of hydrogen-bond donors (Lipinski definition) is 0. The van der Waals surface area contributed by atoms with Crippen LogP contribution < -0.4 is 0 Å². The Morgan fingerprint density at radius 1 is 0.476 bits per heavy atom. The fraction of sp³-hybridized carbons (Fsp3) is 1.00. The molecule has 0 heterocycles. The van der Waals surface area contributed by atoms with E-state index in [2.05, 4.69) is 9.78 Å². The van der Waals surface area contributed by atoms with Crippen molar-refractivity contribution < 1.29 is 9.78 Å². The first kappa shape index (κ1) is 20.9. The molecule has 0 aromatic heterocycles. The van der Waals surface area contributed by atoms with Crippen LogP contribution in [0.3, 0.4) is 0 Å². The third kappa shape index (κ3) is 19.9. The third-order valence-corrected chi connectivity index (χ3v) is 4.24. The molecule has 3 aliphatic rings. The van der Waals surface area contributed by atoms with Gasteiger partial charge in [-0.3, -0.25) is 0 Å². The average Bonchev–Trinajstić information content (AvgIpc) is 3.29. The zero-order valence-electron chi connectivity index (χ0n) is 14.8. The predicted molar refractivity (Wildman–Crippen MR) is 92.5 cm³/mol. The molecule has 0 bridgehead atoms. The van der Waals surface area contributed by atoms with Gasteiger partial charge in [-0.15, -0.1) is 0 Å². The Bertz CT molecular complexity index is 120. The Morgan fingerprint density at radius 2 is 0.667 bits per heavy atom. The monoisotopic (exact) mass is 300 g/mol. The van der Waals surface area contributed by atoms with Crippen LogP contribution in [-0.2, 0) is 9.78 Å². The van der Waals surface area contributed by atoms with Gasteiger partial charge in [0, 0.05) is 0 Å². The van der Waals surface area contributed by atoms with Crippen molar-refractivity contribution in [1.29, 1.82) is 0 Å². The lowest BCUT2D eigenvalue weighted by molar-refractivity contribution is -0.268. The summed E-state index contributed by atoms with van der Waals surface area (Å²) in [6.45, 7) is 2.49. The molecule has 0 spiro atoms. The highest BCUT2D eigenvalue weighted by Crippen LogP contribution is 2.16. The van der Waals surface area contributed by atoms with E-state index in [0.29, 0.717) is 6.61 Å². The Kier molecular flexibility index (Phi) is 19.8. The molecular formula is C19H40O2. The summed E-state index contributed by atoms with van der Waals surface area (Å²) in [6.07, 6.45) is 24.0. The first-order chi connectivity index (χ1) is 10.4. The molecule has 3 fully saturated rings. The van der Waals surface area contributed by atoms with Crippen molar-refractivity contribution >= 4 is 0 Å². The summed E-state index contributed by atoms with van der Waals surface area (Å²) in [6, 6.07) is 0. The Labute approximate surface area is 133 Å². The Hall–Kier alpha value is -0.0800. The van der Waals surface area contributed by atoms with Crippen LogP contribution in [0.15, 0.2) is 0 Å². The fourth-order valence-electron chi connectivity index (χ4n) is 2.95. The van der Waals surface area contributed by atoms with Gasteiger partial charge in [0.2, 0.25) is 0 Å². The van der Waals surface area contributed by atoms with Crippen molar-refractivity contribution in [1.82, 2.24) is 0 Å². The molecule has 0 aliphatic heterocycles. The van der Waals surface area contributed by atoms with Crippen LogP contribution in [0.4, 0.5) is 0 Å². The van der Waals surface area contributed by atoms with E-state index in [1.54, 1.807) is 0 Å². The van der Waals surface area contributed by atoms with E-state index in [9.17, 15) is 0 Å². The maximum atomic E-state index is 4.33. The van der Waals surface area contributed by atoms with Gasteiger partial charge in [0.1, 0.15) is 0 Å². The Balaban J connectivity index is 0.000000255. The normalized spacial score (nSPS) is 20.3. The lowest BCUT2D eigenvalue weighted by Crippen LogP contribution is -1.85. The highest BCUT2D eigenvalue weighted by atomic mass is 17.2. The molecular weight excluding hydrogens is 260 g/mol. The number of hydrogen-bond acceptors (Lipinski definition) is 2. The van der Waals surface area contributed by atoms with Gasteiger partial charge in [-0.05, 0) is 6.92 Å². The van der Waals surface area contributed by atoms with Gasteiger partial charge < -0.3 is 0 Å². The van der Waals surface area contributed by atoms with E-state index in [0.717, 1.165) is 0 Å². The summed E-state index contributed by atoms with van der Waals surface area (Å²) in [4.78, 5) is 8.52. The topological polar surface area (TPSA) is 18.5 Å². The van der Waals surface area contributed by atoms with E-state index >= 15 is 0 Å². The molecule has 0 aromatic carbocycles. The summed E-state index contributed by atoms with van der Waals surface area (Å²) < 4.78 is 0. The molecule has 3 aliphatic carbocycles. The molecule has 0 radical (unpaired) electrons. The quantitative estimate of drug-likeness (QED) is 0.411. The second kappa shape index (κ2) is 19.9. The summed E-state index contributed by atoms with van der Waals surface area (Å²) in [7, 11) is 1.49. The van der Waals surface area contributed by atoms with Crippen molar-refractivity contribution in [2.75, 3.05) is 13.7 Å². The molecule has 0 saturated heterocycles. The molecule has 3 saturated carbocycles. The second-order valence-corrected chi connectivity index (χ2v) is 6.23. The standard InChI is InChI=1S/C6H12.2C5H10.C3H8O2/c1-2-4-6-5-3-1;2*1-2-4-5-3-1;1-3-5-4-2/h1-6H2;2*1-5H2;3H2,1-2H3. The molecule has 0 N–H and O–H groups in total. The van der Waals surface area contributed by atoms with Gasteiger partial charge in [-0.1, -0.05) is 103 Å². The van der Waals surface area contributed by atoms with Crippen LogP contribution in [0.2, 0.25) is 0 Å². The van der Waals surface area contributed by atoms with Crippen molar-refractivity contribution in [3.05, 3.63) is 0 Å². The van der Waals surface area contributed by atoms with Gasteiger partial charge in [0.15, 0.2) is 0 Å². The van der Waals surface area contributed by atoms with Crippen LogP contribution in [0.1, 0.15) is 110 Å². The van der Waals surface area contributed by atoms with Gasteiger partial charge in [0.05, 0.1) is 13.7 Å². The largest absolute Gasteiger partial charge is 0.240 e. The van der Waals surface area contributed by atoms with E-state index in [-0.39, 0.29) is 0 Å². The van der Waals surface area contributed by atoms with Crippen molar-refractivity contribution in [2.45, 2.75) is 110 Å². The van der Waals surface area contributed by atoms with Gasteiger partial charge in [-0.25, -0.2) is 9.78 Å². The molecule has 128 valence electrons. The predicted octanol–water partition coefficient (Wildman–Crippen LogP) is 6.83. The molecule has 3 rings (SSSR count). The lowest BCUT2D eigenvalue weighted by atomic mass is 10.0. The maximum Gasteiger partial charge on any atom is 0.0794 e. The van der Waals surface area contributed by atoms with E-state index in [1.807, 2.05) is 6.92 Å². The number of rotatable bonds is 2. The smallest absolute Gasteiger partial charge is 0.0794 e. The minimum absolute atomic E-state index is 0.622. The lowest BCUT2D eigenvalue weighted by Gasteiger charge is -2.05. The van der Waals surface area contributed by atoms with Gasteiger partial charge in [-0.2, -0.15) is 0 Å². The van der Waals surface area contributed by atoms with Crippen LogP contribution in [0, 0.1) is 0 Å². The van der Waals surface area contributed by atoms with Gasteiger partial charge in [0.25, 0.3) is 0 Å². The van der Waals surface area contributed by atoms with Gasteiger partial charge >= 0.3 is 0 Å². The van der Waals surface area contributed by atoms with E-state index in [1.165, 1.54) is 110 Å². The van der Waals surface area contributed by atoms with E-state index in [4.69, 9.17) is 0 Å². The third-order valence-electron chi connectivity index (χ3n) is 4.24. The minimum Gasteiger partial charge on any atom is -0.240 e. The van der Waals surface area contributed by atoms with Crippen LogP contribution in [0.25, 0.3) is 0 Å². The van der Waals surface area contributed by atoms with Crippen LogP contribution in [-0.4, -0.2) is 13.7 Å². The second-order valence-electron chi connectivity index (χ2n) is 6.23. The minimum atomic E-state index is 0.622. The molecule has 0 unspecified atom stereocenters. The molecule has 2 nitrogen and oxygen atoms in total. The van der Waals surface area contributed by atoms with Crippen molar-refractivity contribution in [3.63, 3.8) is 0 Å². The average molecular weight is 301 g/mol. The molecule has 21 heavy (non-hydrogen) atoms. The highest BCUT2D eigenvalue weighted by molar-refractivity contribution is 4.52. The first-order valence-electron chi connectivity index (χ1n) is 9.57. The Morgan fingerprint density at radius 3 is 0.714 bits per heavy atom. The van der Waals surface area contributed by atoms with Crippen molar-refractivity contribution in [2.24, 2.45) is 0 Å². The van der Waals surface area contributed by atoms with Crippen LogP contribution in [0.5, 0.6) is 0 Å². The molecule has 2 heteroatoms. The highest BCUT2D eigenvalue weighted by Gasteiger charge is 1.96. The van der Waals surface area contributed by atoms with Crippen LogP contribution >= 0.6 is 0 Å². The first-order valence-corrected chi connectivity index (χ1v) is 9.57. The zero-order chi connectivity index (χ0) is 15.4. The molecule has 0 aromatic rings. The maximum absolute atomic E-state index is 4.33. The summed E-state index contributed by atoms with van der Waals surface area (Å²) in [5, 5.41) is 0. The zero-order valence-corrected chi connectivity index (χ0v) is 14.8. The summed E-state index contributed by atoms with van der Waals surface area (Å²) >= 11 is 0. The van der Waals surface area contributed by atoms with E-state index < -0.39 is 0 Å². The molecule has 0 atom stereocenters. The molecule has 0 amide bonds. The SMILES string of the molecule is C1CCCC1.C1CCCC1.C1CCCCC1.CCOOC. The summed E-state index contributed by atoms with van der Waals surface area (Å²) in [5.74, 6) is 0. The fourth-order valence-corrected chi connectivity index (χ4v) is 2.95.